The SMILES string of the molecule is F[SiH2]OCCC(c1ccccc1)c1ccccc1. The fraction of sp³-hybridized carbons (Fsp3) is 0.200. The molecule has 0 atom stereocenters. The van der Waals surface area contributed by atoms with E-state index >= 15 is 0 Å². The molecule has 0 unspecified atom stereocenters. The molecule has 0 aliphatic carbocycles. The minimum Gasteiger partial charge on any atom is -0.396 e. The molecule has 0 aliphatic rings. The van der Waals surface area contributed by atoms with E-state index in [-0.39, 0.29) is 5.92 Å². The van der Waals surface area contributed by atoms with Crippen molar-refractivity contribution in [1.29, 1.82) is 0 Å². The van der Waals surface area contributed by atoms with Crippen LogP contribution in [0.4, 0.5) is 4.11 Å². The van der Waals surface area contributed by atoms with E-state index < -0.39 is 10.1 Å². The summed E-state index contributed by atoms with van der Waals surface area (Å²) in [6, 6.07) is 20.6. The zero-order chi connectivity index (χ0) is 12.6. The Labute approximate surface area is 110 Å². The predicted molar refractivity (Wildman–Crippen MR) is 74.9 cm³/mol. The Hall–Kier alpha value is -1.45. The van der Waals surface area contributed by atoms with Crippen molar-refractivity contribution in [2.75, 3.05) is 6.61 Å². The van der Waals surface area contributed by atoms with Gasteiger partial charge in [-0.25, -0.2) is 0 Å². The Bertz CT molecular complexity index is 407. The van der Waals surface area contributed by atoms with Gasteiger partial charge in [0.05, 0.1) is 0 Å². The van der Waals surface area contributed by atoms with Gasteiger partial charge in [0, 0.05) is 12.5 Å². The van der Waals surface area contributed by atoms with E-state index in [1.54, 1.807) is 0 Å². The molecule has 0 heterocycles. The Morgan fingerprint density at radius 2 is 1.39 bits per heavy atom. The second kappa shape index (κ2) is 7.09. The van der Waals surface area contributed by atoms with E-state index in [1.165, 1.54) is 11.1 Å². The van der Waals surface area contributed by atoms with Crippen LogP contribution in [-0.2, 0) is 4.43 Å². The summed E-state index contributed by atoms with van der Waals surface area (Å²) < 4.78 is 17.1. The fourth-order valence-corrected chi connectivity index (χ4v) is 2.43. The highest BCUT2D eigenvalue weighted by Crippen LogP contribution is 2.27. The van der Waals surface area contributed by atoms with Gasteiger partial charge in [-0.1, -0.05) is 60.7 Å². The van der Waals surface area contributed by atoms with E-state index in [1.807, 2.05) is 36.4 Å². The van der Waals surface area contributed by atoms with Gasteiger partial charge in [-0.2, -0.15) is 0 Å². The molecule has 0 amide bonds. The summed E-state index contributed by atoms with van der Waals surface area (Å²) >= 11 is 0. The molecular weight excluding hydrogens is 243 g/mol. The maximum absolute atomic E-state index is 12.2. The highest BCUT2D eigenvalue weighted by Gasteiger charge is 2.13. The molecule has 0 fully saturated rings. The third-order valence-corrected chi connectivity index (χ3v) is 3.47. The first kappa shape index (κ1) is 13.0. The Morgan fingerprint density at radius 1 is 0.889 bits per heavy atom. The molecule has 94 valence electrons. The molecule has 0 N–H and O–H groups in total. The molecule has 18 heavy (non-hydrogen) atoms. The normalized spacial score (nSPS) is 11.4. The number of hydrogen-bond acceptors (Lipinski definition) is 1. The zero-order valence-corrected chi connectivity index (χ0v) is 11.7. The molecule has 2 aromatic carbocycles. The number of rotatable bonds is 6. The minimum atomic E-state index is -1.79. The molecule has 3 heteroatoms. The molecule has 0 spiro atoms. The molecule has 0 radical (unpaired) electrons. The fourth-order valence-electron chi connectivity index (χ4n) is 2.15. The van der Waals surface area contributed by atoms with Gasteiger partial charge in [-0.3, -0.25) is 4.11 Å². The van der Waals surface area contributed by atoms with E-state index in [2.05, 4.69) is 24.3 Å². The van der Waals surface area contributed by atoms with Crippen molar-refractivity contribution in [3.05, 3.63) is 71.8 Å². The number of hydrogen-bond donors (Lipinski definition) is 0. The van der Waals surface area contributed by atoms with Gasteiger partial charge in [-0.15, -0.1) is 0 Å². The molecule has 0 aliphatic heterocycles. The van der Waals surface area contributed by atoms with Gasteiger partial charge in [0.25, 0.3) is 0 Å². The van der Waals surface area contributed by atoms with Crippen LogP contribution in [0.25, 0.3) is 0 Å². The van der Waals surface area contributed by atoms with Crippen molar-refractivity contribution in [3.63, 3.8) is 0 Å². The van der Waals surface area contributed by atoms with Crippen LogP contribution in [0.2, 0.25) is 0 Å². The van der Waals surface area contributed by atoms with E-state index in [0.29, 0.717) is 6.61 Å². The maximum Gasteiger partial charge on any atom is 0.353 e. The van der Waals surface area contributed by atoms with Crippen LogP contribution in [-0.4, -0.2) is 16.7 Å². The first-order chi connectivity index (χ1) is 8.92. The first-order valence-electron chi connectivity index (χ1n) is 6.15. The lowest BCUT2D eigenvalue weighted by Gasteiger charge is -2.17. The lowest BCUT2D eigenvalue weighted by atomic mass is 9.89. The average molecular weight is 260 g/mol. The molecule has 0 bridgehead atoms. The van der Waals surface area contributed by atoms with E-state index in [0.717, 1.165) is 6.42 Å². The second-order valence-corrected chi connectivity index (χ2v) is 4.81. The van der Waals surface area contributed by atoms with Crippen LogP contribution in [0.3, 0.4) is 0 Å². The minimum absolute atomic E-state index is 0.285. The summed E-state index contributed by atoms with van der Waals surface area (Å²) in [6.07, 6.45) is 0.824. The predicted octanol–water partition coefficient (Wildman–Crippen LogP) is 3.19. The van der Waals surface area contributed by atoms with Crippen molar-refractivity contribution >= 4 is 10.1 Å². The topological polar surface area (TPSA) is 9.23 Å². The van der Waals surface area contributed by atoms with Crippen molar-refractivity contribution < 1.29 is 8.53 Å². The zero-order valence-electron chi connectivity index (χ0n) is 10.3. The summed E-state index contributed by atoms with van der Waals surface area (Å²) in [4.78, 5) is 0. The lowest BCUT2D eigenvalue weighted by Crippen LogP contribution is -2.06. The van der Waals surface area contributed by atoms with E-state index in [9.17, 15) is 4.11 Å². The van der Waals surface area contributed by atoms with Crippen LogP contribution in [0, 0.1) is 0 Å². The summed E-state index contributed by atoms with van der Waals surface area (Å²) in [6.45, 7) is 0.497. The molecule has 0 saturated carbocycles. The monoisotopic (exact) mass is 260 g/mol. The van der Waals surface area contributed by atoms with E-state index in [4.69, 9.17) is 4.43 Å². The molecule has 0 saturated heterocycles. The van der Waals surface area contributed by atoms with Crippen LogP contribution in [0.5, 0.6) is 0 Å². The van der Waals surface area contributed by atoms with Gasteiger partial charge in [0.2, 0.25) is 0 Å². The van der Waals surface area contributed by atoms with Crippen molar-refractivity contribution in [2.45, 2.75) is 12.3 Å². The largest absolute Gasteiger partial charge is 0.396 e. The van der Waals surface area contributed by atoms with Gasteiger partial charge in [-0.05, 0) is 17.5 Å². The van der Waals surface area contributed by atoms with Gasteiger partial charge < -0.3 is 4.43 Å². The van der Waals surface area contributed by atoms with Crippen molar-refractivity contribution in [3.8, 4) is 0 Å². The van der Waals surface area contributed by atoms with Crippen LogP contribution >= 0.6 is 0 Å². The number of benzene rings is 2. The smallest absolute Gasteiger partial charge is 0.353 e. The molecule has 2 rings (SSSR count). The first-order valence-corrected chi connectivity index (χ1v) is 7.26. The highest BCUT2D eigenvalue weighted by atomic mass is 28.3. The van der Waals surface area contributed by atoms with Crippen LogP contribution < -0.4 is 0 Å². The summed E-state index contributed by atoms with van der Waals surface area (Å²) in [5.41, 5.74) is 2.51. The second-order valence-electron chi connectivity index (χ2n) is 4.18. The van der Waals surface area contributed by atoms with Gasteiger partial charge in [0.15, 0.2) is 0 Å². The summed E-state index contributed by atoms with van der Waals surface area (Å²) in [7, 11) is -1.79. The third-order valence-electron chi connectivity index (χ3n) is 3.03. The van der Waals surface area contributed by atoms with Crippen LogP contribution in [0.15, 0.2) is 60.7 Å². The van der Waals surface area contributed by atoms with Crippen molar-refractivity contribution in [2.24, 2.45) is 0 Å². The summed E-state index contributed by atoms with van der Waals surface area (Å²) in [5, 5.41) is 0. The molecular formula is C15H17FOSi. The third kappa shape index (κ3) is 3.52. The highest BCUT2D eigenvalue weighted by molar-refractivity contribution is 6.16. The molecule has 2 aromatic rings. The van der Waals surface area contributed by atoms with Gasteiger partial charge >= 0.3 is 10.1 Å². The standard InChI is InChI=1S/C15H17FOSi/c16-18-17-12-11-15(13-7-3-1-4-8-13)14-9-5-2-6-10-14/h1-10,15H,11-12,18H2. The van der Waals surface area contributed by atoms with Crippen molar-refractivity contribution in [1.82, 2.24) is 0 Å². The summed E-state index contributed by atoms with van der Waals surface area (Å²) in [5.74, 6) is 0.285. The van der Waals surface area contributed by atoms with Crippen LogP contribution in [0.1, 0.15) is 23.5 Å². The maximum atomic E-state index is 12.2. The van der Waals surface area contributed by atoms with Gasteiger partial charge in [0.1, 0.15) is 0 Å². The Morgan fingerprint density at radius 3 is 1.83 bits per heavy atom. The lowest BCUT2D eigenvalue weighted by molar-refractivity contribution is 0.298. The Balaban J connectivity index is 2.18. The molecule has 0 aromatic heterocycles. The number of halogens is 1. The average Bonchev–Trinajstić information content (AvgIpc) is 2.46. The Kier molecular flexibility index (Phi) is 5.11. The molecule has 1 nitrogen and oxygen atoms in total. The quantitative estimate of drug-likeness (QED) is 0.440.